The average Bonchev–Trinajstić information content (AvgIpc) is 3.13. The highest BCUT2D eigenvalue weighted by molar-refractivity contribution is 6.05. The number of hydrogen-bond donors (Lipinski definition) is 0. The number of amides is 1. The molecule has 0 saturated carbocycles. The predicted octanol–water partition coefficient (Wildman–Crippen LogP) is 3.80. The highest BCUT2D eigenvalue weighted by Gasteiger charge is 2.32. The first-order chi connectivity index (χ1) is 13.1. The summed E-state index contributed by atoms with van der Waals surface area (Å²) in [6, 6.07) is 13.2. The molecule has 0 aliphatic carbocycles. The van der Waals surface area contributed by atoms with Gasteiger partial charge in [-0.2, -0.15) is 5.10 Å². The van der Waals surface area contributed by atoms with Crippen LogP contribution in [0.5, 0.6) is 17.2 Å². The molecular weight excluding hydrogens is 344 g/mol. The molecule has 0 fully saturated rings. The average molecular weight is 368 g/mol. The standard InChI is InChI=1S/C21H24N2O4/c1-5-27-19-9-7-6-8-16(19)17-13-18(23(22-17)14(2)24)15-10-11-20(25-3)21(12-15)26-4/h6-12,18H,5,13H2,1-4H3/t18-/m1/s1. The summed E-state index contributed by atoms with van der Waals surface area (Å²) in [6.45, 7) is 4.04. The molecular formula is C21H24N2O4. The summed E-state index contributed by atoms with van der Waals surface area (Å²) in [6.07, 6.45) is 0.596. The largest absolute Gasteiger partial charge is 0.493 e. The number of rotatable bonds is 6. The second-order valence-corrected chi connectivity index (χ2v) is 6.17. The minimum absolute atomic E-state index is 0.112. The van der Waals surface area contributed by atoms with Crippen molar-refractivity contribution in [3.8, 4) is 17.2 Å². The molecule has 0 unspecified atom stereocenters. The molecule has 3 rings (SSSR count). The Bertz CT molecular complexity index is 863. The normalized spacial score (nSPS) is 16.1. The Morgan fingerprint density at radius 3 is 2.52 bits per heavy atom. The number of ether oxygens (including phenoxy) is 3. The third-order valence-electron chi connectivity index (χ3n) is 4.52. The van der Waals surface area contributed by atoms with Gasteiger partial charge in [-0.25, -0.2) is 5.01 Å². The van der Waals surface area contributed by atoms with Gasteiger partial charge in [-0.3, -0.25) is 4.79 Å². The van der Waals surface area contributed by atoms with Crippen molar-refractivity contribution in [3.05, 3.63) is 53.6 Å². The zero-order valence-corrected chi connectivity index (χ0v) is 16.1. The van der Waals surface area contributed by atoms with E-state index in [4.69, 9.17) is 14.2 Å². The van der Waals surface area contributed by atoms with Gasteiger partial charge in [0.05, 0.1) is 32.6 Å². The molecule has 1 atom stereocenters. The fraction of sp³-hybridized carbons (Fsp3) is 0.333. The summed E-state index contributed by atoms with van der Waals surface area (Å²) in [5.41, 5.74) is 2.68. The predicted molar refractivity (Wildman–Crippen MR) is 104 cm³/mol. The number of hydrazone groups is 1. The number of carbonyl (C=O) groups excluding carboxylic acids is 1. The van der Waals surface area contributed by atoms with Gasteiger partial charge in [-0.05, 0) is 36.8 Å². The van der Waals surface area contributed by atoms with E-state index in [1.807, 2.05) is 49.4 Å². The molecule has 0 aromatic heterocycles. The summed E-state index contributed by atoms with van der Waals surface area (Å²) in [5.74, 6) is 1.94. The van der Waals surface area contributed by atoms with Crippen molar-refractivity contribution < 1.29 is 19.0 Å². The Morgan fingerprint density at radius 1 is 1.11 bits per heavy atom. The lowest BCUT2D eigenvalue weighted by Gasteiger charge is -2.21. The third-order valence-corrected chi connectivity index (χ3v) is 4.52. The van der Waals surface area contributed by atoms with Crippen LogP contribution in [0.2, 0.25) is 0 Å². The van der Waals surface area contributed by atoms with E-state index >= 15 is 0 Å². The molecule has 142 valence electrons. The SMILES string of the molecule is CCOc1ccccc1C1=NN(C(C)=O)[C@@H](c2ccc(OC)c(OC)c2)C1. The lowest BCUT2D eigenvalue weighted by atomic mass is 9.97. The van der Waals surface area contributed by atoms with Crippen LogP contribution in [0.25, 0.3) is 0 Å². The highest BCUT2D eigenvalue weighted by atomic mass is 16.5. The number of hydrogen-bond acceptors (Lipinski definition) is 5. The maximum Gasteiger partial charge on any atom is 0.240 e. The van der Waals surface area contributed by atoms with Gasteiger partial charge in [-0.15, -0.1) is 0 Å². The van der Waals surface area contributed by atoms with E-state index in [-0.39, 0.29) is 11.9 Å². The first-order valence-corrected chi connectivity index (χ1v) is 8.90. The molecule has 0 saturated heterocycles. The Balaban J connectivity index is 1.97. The molecule has 0 N–H and O–H groups in total. The molecule has 27 heavy (non-hydrogen) atoms. The van der Waals surface area contributed by atoms with E-state index in [9.17, 15) is 4.79 Å². The lowest BCUT2D eigenvalue weighted by Crippen LogP contribution is -2.24. The number of para-hydroxylation sites is 1. The first kappa shape index (κ1) is 18.8. The maximum atomic E-state index is 12.2. The van der Waals surface area contributed by atoms with E-state index in [1.165, 1.54) is 11.9 Å². The Hall–Kier alpha value is -3.02. The maximum absolute atomic E-state index is 12.2. The minimum atomic E-state index is -0.202. The van der Waals surface area contributed by atoms with Crippen LogP contribution in [-0.2, 0) is 4.79 Å². The van der Waals surface area contributed by atoms with Crippen molar-refractivity contribution in [3.63, 3.8) is 0 Å². The third kappa shape index (κ3) is 3.74. The van der Waals surface area contributed by atoms with E-state index in [0.29, 0.717) is 24.5 Å². The minimum Gasteiger partial charge on any atom is -0.493 e. The molecule has 0 spiro atoms. The zero-order chi connectivity index (χ0) is 19.4. The quantitative estimate of drug-likeness (QED) is 0.778. The van der Waals surface area contributed by atoms with E-state index < -0.39 is 0 Å². The van der Waals surface area contributed by atoms with Crippen molar-refractivity contribution in [1.82, 2.24) is 5.01 Å². The van der Waals surface area contributed by atoms with Gasteiger partial charge in [-0.1, -0.05) is 18.2 Å². The summed E-state index contributed by atoms with van der Waals surface area (Å²) < 4.78 is 16.5. The lowest BCUT2D eigenvalue weighted by molar-refractivity contribution is -0.130. The summed E-state index contributed by atoms with van der Waals surface area (Å²) in [4.78, 5) is 12.2. The number of benzene rings is 2. The fourth-order valence-corrected chi connectivity index (χ4v) is 3.27. The molecule has 1 amide bonds. The van der Waals surface area contributed by atoms with Crippen molar-refractivity contribution in [2.45, 2.75) is 26.3 Å². The van der Waals surface area contributed by atoms with E-state index in [2.05, 4.69) is 5.10 Å². The monoisotopic (exact) mass is 368 g/mol. The molecule has 6 heteroatoms. The molecule has 2 aromatic rings. The second-order valence-electron chi connectivity index (χ2n) is 6.17. The van der Waals surface area contributed by atoms with Gasteiger partial charge in [0.1, 0.15) is 5.75 Å². The van der Waals surface area contributed by atoms with Gasteiger partial charge in [0.15, 0.2) is 11.5 Å². The smallest absolute Gasteiger partial charge is 0.240 e. The van der Waals surface area contributed by atoms with Gasteiger partial charge >= 0.3 is 0 Å². The Labute approximate surface area is 159 Å². The summed E-state index contributed by atoms with van der Waals surface area (Å²) in [7, 11) is 3.19. The molecule has 2 aromatic carbocycles. The number of nitrogens with zero attached hydrogens (tertiary/aromatic N) is 2. The molecule has 1 heterocycles. The van der Waals surface area contributed by atoms with Crippen LogP contribution in [0.15, 0.2) is 47.6 Å². The van der Waals surface area contributed by atoms with Crippen LogP contribution < -0.4 is 14.2 Å². The van der Waals surface area contributed by atoms with Crippen molar-refractivity contribution in [2.75, 3.05) is 20.8 Å². The molecule has 1 aliphatic rings. The van der Waals surface area contributed by atoms with Crippen LogP contribution in [-0.4, -0.2) is 37.5 Å². The molecule has 0 radical (unpaired) electrons. The van der Waals surface area contributed by atoms with Crippen molar-refractivity contribution >= 4 is 11.6 Å². The topological polar surface area (TPSA) is 60.4 Å². The molecule has 6 nitrogen and oxygen atoms in total. The number of carbonyl (C=O) groups is 1. The highest BCUT2D eigenvalue weighted by Crippen LogP contribution is 2.38. The zero-order valence-electron chi connectivity index (χ0n) is 16.1. The van der Waals surface area contributed by atoms with Crippen LogP contribution >= 0.6 is 0 Å². The van der Waals surface area contributed by atoms with Crippen LogP contribution in [0.4, 0.5) is 0 Å². The van der Waals surface area contributed by atoms with Crippen LogP contribution in [0.1, 0.15) is 37.4 Å². The van der Waals surface area contributed by atoms with E-state index in [0.717, 1.165) is 22.6 Å². The van der Waals surface area contributed by atoms with E-state index in [1.54, 1.807) is 14.2 Å². The summed E-state index contributed by atoms with van der Waals surface area (Å²) >= 11 is 0. The molecule has 0 bridgehead atoms. The van der Waals surface area contributed by atoms with Crippen LogP contribution in [0.3, 0.4) is 0 Å². The van der Waals surface area contributed by atoms with Gasteiger partial charge in [0.25, 0.3) is 0 Å². The summed E-state index contributed by atoms with van der Waals surface area (Å²) in [5, 5.41) is 6.13. The first-order valence-electron chi connectivity index (χ1n) is 8.90. The van der Waals surface area contributed by atoms with Gasteiger partial charge < -0.3 is 14.2 Å². The Morgan fingerprint density at radius 2 is 1.85 bits per heavy atom. The van der Waals surface area contributed by atoms with Gasteiger partial charge in [0, 0.05) is 18.9 Å². The second kappa shape index (κ2) is 8.12. The fourth-order valence-electron chi connectivity index (χ4n) is 3.27. The van der Waals surface area contributed by atoms with Crippen LogP contribution in [0, 0.1) is 0 Å². The van der Waals surface area contributed by atoms with Crippen molar-refractivity contribution in [1.29, 1.82) is 0 Å². The molecule has 1 aliphatic heterocycles. The van der Waals surface area contributed by atoms with Crippen molar-refractivity contribution in [2.24, 2.45) is 5.10 Å². The number of methoxy groups -OCH3 is 2. The van der Waals surface area contributed by atoms with Gasteiger partial charge in [0.2, 0.25) is 5.91 Å². The Kier molecular flexibility index (Phi) is 5.64.